The molecule has 0 bridgehead atoms. The minimum atomic E-state index is -1.03. The molecule has 2 aromatic carbocycles. The first-order chi connectivity index (χ1) is 22.7. The van der Waals surface area contributed by atoms with Crippen LogP contribution in [-0.4, -0.2) is 49.6 Å². The van der Waals surface area contributed by atoms with E-state index >= 15 is 0 Å². The number of aromatic nitrogens is 4. The molecule has 6 rings (SSSR count). The summed E-state index contributed by atoms with van der Waals surface area (Å²) in [6, 6.07) is 16.3. The Morgan fingerprint density at radius 2 is 1.79 bits per heavy atom. The van der Waals surface area contributed by atoms with Crippen molar-refractivity contribution in [1.82, 2.24) is 19.6 Å². The van der Waals surface area contributed by atoms with Crippen LogP contribution in [0.2, 0.25) is 0 Å². The fourth-order valence-corrected chi connectivity index (χ4v) is 7.32. The van der Waals surface area contributed by atoms with Crippen LogP contribution >= 0.6 is 23.1 Å². The molecule has 1 fully saturated rings. The number of hydrogen-bond donors (Lipinski definition) is 1. The topological polar surface area (TPSA) is 119 Å². The maximum absolute atomic E-state index is 13.9. The zero-order valence-electron chi connectivity index (χ0n) is 26.8. The van der Waals surface area contributed by atoms with Gasteiger partial charge >= 0.3 is 5.91 Å². The van der Waals surface area contributed by atoms with Crippen molar-refractivity contribution in [1.29, 1.82) is 0 Å². The summed E-state index contributed by atoms with van der Waals surface area (Å²) in [6.45, 7) is 10.5. The van der Waals surface area contributed by atoms with E-state index in [1.807, 2.05) is 57.3 Å². The second-order valence-corrected chi connectivity index (χ2v) is 13.4. The average molecular weight is 670 g/mol. The van der Waals surface area contributed by atoms with Gasteiger partial charge in [0.15, 0.2) is 21.6 Å². The summed E-state index contributed by atoms with van der Waals surface area (Å²) in [6.07, 6.45) is 2.66. The predicted octanol–water partition coefficient (Wildman–Crippen LogP) is 7.22. The zero-order valence-corrected chi connectivity index (χ0v) is 28.4. The van der Waals surface area contributed by atoms with Crippen molar-refractivity contribution in [2.24, 2.45) is 0 Å². The highest BCUT2D eigenvalue weighted by atomic mass is 32.2. The lowest BCUT2D eigenvalue weighted by Crippen LogP contribution is -2.29. The first-order valence-electron chi connectivity index (χ1n) is 15.4. The molecule has 242 valence electrons. The van der Waals surface area contributed by atoms with Crippen LogP contribution in [0, 0.1) is 20.8 Å². The summed E-state index contributed by atoms with van der Waals surface area (Å²) in [7, 11) is 0. The lowest BCUT2D eigenvalue weighted by atomic mass is 9.96. The van der Waals surface area contributed by atoms with Gasteiger partial charge in [0.2, 0.25) is 5.13 Å². The van der Waals surface area contributed by atoms with Gasteiger partial charge in [0, 0.05) is 11.9 Å². The lowest BCUT2D eigenvalue weighted by molar-refractivity contribution is -0.132. The van der Waals surface area contributed by atoms with E-state index in [1.54, 1.807) is 18.2 Å². The van der Waals surface area contributed by atoms with Gasteiger partial charge in [0.05, 0.1) is 30.5 Å². The second-order valence-electron chi connectivity index (χ2n) is 11.2. The molecule has 1 unspecified atom stereocenters. The van der Waals surface area contributed by atoms with E-state index in [9.17, 15) is 14.7 Å². The first-order valence-corrected chi connectivity index (χ1v) is 17.2. The van der Waals surface area contributed by atoms with Gasteiger partial charge in [-0.2, -0.15) is 0 Å². The molecule has 47 heavy (non-hydrogen) atoms. The normalized spacial score (nSPS) is 15.9. The third-order valence-corrected chi connectivity index (χ3v) is 10.0. The fraction of sp³-hybridized carbons (Fsp3) is 0.286. The summed E-state index contributed by atoms with van der Waals surface area (Å²) in [4.78, 5) is 33.8. The van der Waals surface area contributed by atoms with E-state index in [0.29, 0.717) is 51.7 Å². The minimum Gasteiger partial charge on any atom is -0.505 e. The Morgan fingerprint density at radius 3 is 2.51 bits per heavy atom. The van der Waals surface area contributed by atoms with E-state index in [-0.39, 0.29) is 22.2 Å². The summed E-state index contributed by atoms with van der Waals surface area (Å²) in [5.41, 5.74) is 5.17. The van der Waals surface area contributed by atoms with E-state index in [0.717, 1.165) is 17.5 Å². The number of benzene rings is 2. The molecule has 1 saturated heterocycles. The number of aliphatic hydroxyl groups is 1. The maximum atomic E-state index is 13.9. The van der Waals surface area contributed by atoms with Gasteiger partial charge < -0.3 is 19.0 Å². The Bertz CT molecular complexity index is 2000. The number of ketones is 1. The summed E-state index contributed by atoms with van der Waals surface area (Å²) in [5.74, 6) is -0.333. The first kappa shape index (κ1) is 32.3. The van der Waals surface area contributed by atoms with Crippen molar-refractivity contribution in [2.75, 3.05) is 18.1 Å². The molecule has 3 aromatic heterocycles. The summed E-state index contributed by atoms with van der Waals surface area (Å²) < 4.78 is 14.3. The number of fused-ring (bicyclic) bond motifs is 1. The molecule has 0 spiro atoms. The number of carbonyl (C=O) groups excluding carboxylic acids is 2. The molecule has 0 saturated carbocycles. The molecular formula is C35H35N5O5S2. The predicted molar refractivity (Wildman–Crippen MR) is 183 cm³/mol. The van der Waals surface area contributed by atoms with Crippen LogP contribution in [0.5, 0.6) is 11.5 Å². The Morgan fingerprint density at radius 1 is 1.00 bits per heavy atom. The highest BCUT2D eigenvalue weighted by molar-refractivity contribution is 8.00. The Kier molecular flexibility index (Phi) is 9.33. The highest BCUT2D eigenvalue weighted by Crippen LogP contribution is 2.46. The number of pyridine rings is 1. The van der Waals surface area contributed by atoms with Crippen molar-refractivity contribution < 1.29 is 24.2 Å². The van der Waals surface area contributed by atoms with E-state index in [1.165, 1.54) is 33.6 Å². The average Bonchev–Trinajstić information content (AvgIpc) is 3.75. The largest absolute Gasteiger partial charge is 0.505 e. The number of nitrogens with zero attached hydrogens (tertiary/aromatic N) is 5. The van der Waals surface area contributed by atoms with E-state index in [2.05, 4.69) is 34.5 Å². The van der Waals surface area contributed by atoms with Crippen molar-refractivity contribution in [2.45, 2.75) is 57.2 Å². The third kappa shape index (κ3) is 6.22. The fourth-order valence-electron chi connectivity index (χ4n) is 5.50. The van der Waals surface area contributed by atoms with Gasteiger partial charge in [-0.15, -0.1) is 10.2 Å². The highest BCUT2D eigenvalue weighted by Gasteiger charge is 2.49. The third-order valence-electron chi connectivity index (χ3n) is 7.88. The van der Waals surface area contributed by atoms with Gasteiger partial charge in [0.1, 0.15) is 11.3 Å². The molecule has 0 aliphatic carbocycles. The van der Waals surface area contributed by atoms with Crippen molar-refractivity contribution in [3.05, 3.63) is 100 Å². The van der Waals surface area contributed by atoms with Crippen LogP contribution in [0.1, 0.15) is 60.0 Å². The summed E-state index contributed by atoms with van der Waals surface area (Å²) >= 11 is 2.72. The lowest BCUT2D eigenvalue weighted by Gasteiger charge is -2.23. The molecule has 12 heteroatoms. The molecule has 1 atom stereocenters. The van der Waals surface area contributed by atoms with Crippen LogP contribution in [0.4, 0.5) is 5.13 Å². The molecule has 1 aliphatic rings. The van der Waals surface area contributed by atoms with Crippen LogP contribution in [0.25, 0.3) is 11.4 Å². The number of imidazole rings is 1. The number of thioether (sulfide) groups is 1. The number of rotatable bonds is 11. The van der Waals surface area contributed by atoms with Crippen molar-refractivity contribution in [3.8, 4) is 11.5 Å². The molecule has 4 heterocycles. The summed E-state index contributed by atoms with van der Waals surface area (Å²) in [5, 5.41) is 20.8. The van der Waals surface area contributed by atoms with Crippen LogP contribution in [0.15, 0.2) is 70.7 Å². The quantitative estimate of drug-likeness (QED) is 0.0511. The Hall–Kier alpha value is -4.68. The van der Waals surface area contributed by atoms with Gasteiger partial charge in [-0.3, -0.25) is 14.5 Å². The van der Waals surface area contributed by atoms with Crippen LogP contribution in [0.3, 0.4) is 0 Å². The van der Waals surface area contributed by atoms with Crippen molar-refractivity contribution >= 4 is 51.3 Å². The number of carbonyl (C=O) groups is 2. The Balaban J connectivity index is 1.46. The zero-order chi connectivity index (χ0) is 33.2. The van der Waals surface area contributed by atoms with Crippen LogP contribution in [-0.2, 0) is 15.3 Å². The van der Waals surface area contributed by atoms with E-state index < -0.39 is 17.7 Å². The standard InChI is InChI=1S/C35H35N5O5S2/c1-6-17-45-25-15-14-24(18-26(25)44-7-2)29-27(30(41)28-22(5)39-16-8-9-21(4)32(39)36-28)31(42)33(43)40(29)34-37-38-35(47-34)46-19-23-12-10-20(3)11-13-23/h8-16,18,29,41H,6-7,17,19H2,1-5H3. The molecule has 10 nitrogen and oxygen atoms in total. The monoisotopic (exact) mass is 669 g/mol. The Labute approximate surface area is 281 Å². The number of Topliss-reactive ketones (excluding diaryl/α,β-unsaturated/α-hetero) is 1. The van der Waals surface area contributed by atoms with Gasteiger partial charge in [0.25, 0.3) is 5.78 Å². The second kappa shape index (κ2) is 13.6. The smallest absolute Gasteiger partial charge is 0.301 e. The van der Waals surface area contributed by atoms with Gasteiger partial charge in [-0.1, -0.05) is 72.0 Å². The number of ether oxygens (including phenoxy) is 2. The number of anilines is 1. The number of aryl methyl sites for hydroxylation is 3. The van der Waals surface area contributed by atoms with Gasteiger partial charge in [-0.25, -0.2) is 4.98 Å². The number of amides is 1. The SMILES string of the molecule is CCCOc1ccc(C2C(=C(O)c3nc4c(C)cccn4c3C)C(=O)C(=O)N2c2nnc(SCc3ccc(C)cc3)s2)cc1OCC. The number of aliphatic hydroxyl groups excluding tert-OH is 1. The van der Waals surface area contributed by atoms with Crippen molar-refractivity contribution in [3.63, 3.8) is 0 Å². The molecule has 1 amide bonds. The molecule has 1 N–H and O–H groups in total. The van der Waals surface area contributed by atoms with Gasteiger partial charge in [-0.05, 0) is 69.0 Å². The minimum absolute atomic E-state index is 0.0899. The van der Waals surface area contributed by atoms with E-state index in [4.69, 9.17) is 14.5 Å². The molecular weight excluding hydrogens is 635 g/mol. The van der Waals surface area contributed by atoms with Crippen LogP contribution < -0.4 is 14.4 Å². The molecule has 0 radical (unpaired) electrons. The maximum Gasteiger partial charge on any atom is 0.301 e. The molecule has 5 aromatic rings. The molecule has 1 aliphatic heterocycles. The number of hydrogen-bond acceptors (Lipinski definition) is 10.